The van der Waals surface area contributed by atoms with Gasteiger partial charge in [0.15, 0.2) is 0 Å². The van der Waals surface area contributed by atoms with Gasteiger partial charge in [-0.3, -0.25) is 0 Å². The number of alkyl halides is 1. The van der Waals surface area contributed by atoms with E-state index in [9.17, 15) is 0 Å². The Kier molecular flexibility index (Phi) is 2.50. The monoisotopic (exact) mass is 230 g/mol. The first kappa shape index (κ1) is 9.32. The third-order valence-corrected chi connectivity index (χ3v) is 4.16. The molecule has 0 N–H and O–H groups in total. The number of hydrogen-bond donors (Lipinski definition) is 0. The minimum Gasteiger partial charge on any atom is -0.137 e. The molecule has 0 aliphatic heterocycles. The Bertz CT molecular complexity index is 445. The molecule has 3 heteroatoms. The molecule has 0 unspecified atom stereocenters. The molecule has 0 spiro atoms. The van der Waals surface area contributed by atoms with Crippen LogP contribution in [0.2, 0.25) is 5.02 Å². The van der Waals surface area contributed by atoms with Gasteiger partial charge in [0, 0.05) is 15.0 Å². The molecule has 0 saturated carbocycles. The fourth-order valence-corrected chi connectivity index (χ4v) is 3.29. The van der Waals surface area contributed by atoms with E-state index < -0.39 is 0 Å². The van der Waals surface area contributed by atoms with Crippen molar-refractivity contribution in [1.82, 2.24) is 0 Å². The molecule has 0 atom stereocenters. The summed E-state index contributed by atoms with van der Waals surface area (Å²) >= 11 is 13.6. The number of benzene rings is 1. The van der Waals surface area contributed by atoms with E-state index in [1.165, 1.54) is 10.3 Å². The van der Waals surface area contributed by atoms with Crippen molar-refractivity contribution in [3.05, 3.63) is 33.7 Å². The zero-order chi connectivity index (χ0) is 9.42. The summed E-state index contributed by atoms with van der Waals surface area (Å²) < 4.78 is 1.22. The van der Waals surface area contributed by atoms with E-state index in [0.29, 0.717) is 5.88 Å². The molecule has 1 aromatic heterocycles. The molecule has 2 rings (SSSR count). The van der Waals surface area contributed by atoms with E-state index >= 15 is 0 Å². The Balaban J connectivity index is 2.85. The molecule has 13 heavy (non-hydrogen) atoms. The van der Waals surface area contributed by atoms with E-state index in [2.05, 4.69) is 19.1 Å². The molecule has 0 fully saturated rings. The highest BCUT2D eigenvalue weighted by Gasteiger charge is 2.10. The van der Waals surface area contributed by atoms with Gasteiger partial charge in [-0.25, -0.2) is 0 Å². The molecule has 0 radical (unpaired) electrons. The maximum Gasteiger partial charge on any atom is 0.0638 e. The highest BCUT2D eigenvalue weighted by molar-refractivity contribution is 7.20. The van der Waals surface area contributed by atoms with Gasteiger partial charge in [0.05, 0.1) is 10.9 Å². The lowest BCUT2D eigenvalue weighted by molar-refractivity contribution is 1.51. The summed E-state index contributed by atoms with van der Waals surface area (Å²) in [5.74, 6) is 0.498. The van der Waals surface area contributed by atoms with Crippen molar-refractivity contribution in [1.29, 1.82) is 0 Å². The lowest BCUT2D eigenvalue weighted by atomic mass is 10.1. The van der Waals surface area contributed by atoms with Crippen molar-refractivity contribution in [2.24, 2.45) is 0 Å². The third-order valence-electron chi connectivity index (χ3n) is 2.05. The van der Waals surface area contributed by atoms with E-state index in [-0.39, 0.29) is 0 Å². The molecule has 68 valence electrons. The minimum absolute atomic E-state index is 0.498. The zero-order valence-corrected chi connectivity index (χ0v) is 9.43. The summed E-state index contributed by atoms with van der Waals surface area (Å²) in [6.45, 7) is 2.07. The largest absolute Gasteiger partial charge is 0.137 e. The second-order valence-electron chi connectivity index (χ2n) is 2.92. The standard InChI is InChI=1S/C10H8Cl2S/c1-6-3-2-4-7-9(6)10(12)8(5-11)13-7/h2-4H,5H2,1H3. The van der Waals surface area contributed by atoms with Gasteiger partial charge in [0.1, 0.15) is 0 Å². The smallest absolute Gasteiger partial charge is 0.0638 e. The second kappa shape index (κ2) is 3.49. The Morgan fingerprint density at radius 2 is 2.15 bits per heavy atom. The SMILES string of the molecule is Cc1cccc2sc(CCl)c(Cl)c12. The van der Waals surface area contributed by atoms with Crippen molar-refractivity contribution in [3.63, 3.8) is 0 Å². The number of thiophene rings is 1. The molecule has 1 heterocycles. The van der Waals surface area contributed by atoms with Crippen LogP contribution in [0.1, 0.15) is 10.4 Å². The number of halogens is 2. The predicted molar refractivity (Wildman–Crippen MR) is 61.1 cm³/mol. The van der Waals surface area contributed by atoms with Gasteiger partial charge < -0.3 is 0 Å². The van der Waals surface area contributed by atoms with Gasteiger partial charge in [0.2, 0.25) is 0 Å². The Morgan fingerprint density at radius 1 is 1.38 bits per heavy atom. The molecule has 0 aliphatic carbocycles. The second-order valence-corrected chi connectivity index (χ2v) is 4.70. The van der Waals surface area contributed by atoms with Crippen LogP contribution in [0.25, 0.3) is 10.1 Å². The average molecular weight is 231 g/mol. The topological polar surface area (TPSA) is 0 Å². The van der Waals surface area contributed by atoms with Crippen LogP contribution in [0.4, 0.5) is 0 Å². The van der Waals surface area contributed by atoms with Gasteiger partial charge >= 0.3 is 0 Å². The number of hydrogen-bond acceptors (Lipinski definition) is 1. The number of fused-ring (bicyclic) bond motifs is 1. The van der Waals surface area contributed by atoms with Gasteiger partial charge in [0.25, 0.3) is 0 Å². The summed E-state index contributed by atoms with van der Waals surface area (Å²) in [7, 11) is 0. The minimum atomic E-state index is 0.498. The Labute approximate surface area is 91.1 Å². The predicted octanol–water partition coefficient (Wildman–Crippen LogP) is 4.60. The van der Waals surface area contributed by atoms with Crippen molar-refractivity contribution >= 4 is 44.6 Å². The molecule has 0 bridgehead atoms. The van der Waals surface area contributed by atoms with Crippen molar-refractivity contribution in [2.75, 3.05) is 0 Å². The fourth-order valence-electron chi connectivity index (χ4n) is 1.41. The summed E-state index contributed by atoms with van der Waals surface area (Å²) in [6.07, 6.45) is 0. The highest BCUT2D eigenvalue weighted by Crippen LogP contribution is 2.37. The van der Waals surface area contributed by atoms with Crippen LogP contribution in [0.5, 0.6) is 0 Å². The van der Waals surface area contributed by atoms with Crippen LogP contribution < -0.4 is 0 Å². The highest BCUT2D eigenvalue weighted by atomic mass is 35.5. The molecule has 0 aliphatic rings. The lowest BCUT2D eigenvalue weighted by Crippen LogP contribution is -1.73. The van der Waals surface area contributed by atoms with Crippen LogP contribution in [0, 0.1) is 6.92 Å². The van der Waals surface area contributed by atoms with Crippen LogP contribution in [-0.2, 0) is 5.88 Å². The normalized spacial score (nSPS) is 11.0. The Hall–Kier alpha value is -0.240. The summed E-state index contributed by atoms with van der Waals surface area (Å²) in [4.78, 5) is 1.06. The Morgan fingerprint density at radius 3 is 2.77 bits per heavy atom. The maximum atomic E-state index is 6.19. The third kappa shape index (κ3) is 1.45. The number of rotatable bonds is 1. The van der Waals surface area contributed by atoms with Crippen LogP contribution in [-0.4, -0.2) is 0 Å². The number of aryl methyl sites for hydroxylation is 1. The van der Waals surface area contributed by atoms with E-state index in [1.807, 2.05) is 6.07 Å². The van der Waals surface area contributed by atoms with Gasteiger partial charge in [-0.05, 0) is 18.6 Å². The molecular weight excluding hydrogens is 223 g/mol. The quantitative estimate of drug-likeness (QED) is 0.629. The molecular formula is C10H8Cl2S. The van der Waals surface area contributed by atoms with Gasteiger partial charge in [-0.1, -0.05) is 23.7 Å². The van der Waals surface area contributed by atoms with Gasteiger partial charge in [-0.15, -0.1) is 22.9 Å². The lowest BCUT2D eigenvalue weighted by Gasteiger charge is -1.95. The molecule has 1 aromatic carbocycles. The first-order valence-electron chi connectivity index (χ1n) is 3.96. The van der Waals surface area contributed by atoms with Gasteiger partial charge in [-0.2, -0.15) is 0 Å². The average Bonchev–Trinajstić information content (AvgIpc) is 2.44. The van der Waals surface area contributed by atoms with Crippen LogP contribution in [0.3, 0.4) is 0 Å². The van der Waals surface area contributed by atoms with E-state index in [0.717, 1.165) is 15.3 Å². The molecule has 2 aromatic rings. The fraction of sp³-hybridized carbons (Fsp3) is 0.200. The summed E-state index contributed by atoms with van der Waals surface area (Å²) in [5, 5.41) is 1.98. The first-order chi connectivity index (χ1) is 6.24. The van der Waals surface area contributed by atoms with Crippen molar-refractivity contribution in [3.8, 4) is 0 Å². The summed E-state index contributed by atoms with van der Waals surface area (Å²) in [5.41, 5.74) is 1.22. The molecule has 0 nitrogen and oxygen atoms in total. The molecule has 0 saturated heterocycles. The van der Waals surface area contributed by atoms with E-state index in [4.69, 9.17) is 23.2 Å². The first-order valence-corrected chi connectivity index (χ1v) is 5.69. The van der Waals surface area contributed by atoms with Crippen LogP contribution >= 0.6 is 34.5 Å². The van der Waals surface area contributed by atoms with Crippen LogP contribution in [0.15, 0.2) is 18.2 Å². The van der Waals surface area contributed by atoms with Crippen molar-refractivity contribution in [2.45, 2.75) is 12.8 Å². The molecule has 0 amide bonds. The van der Waals surface area contributed by atoms with E-state index in [1.54, 1.807) is 11.3 Å². The summed E-state index contributed by atoms with van der Waals surface area (Å²) in [6, 6.07) is 6.19. The van der Waals surface area contributed by atoms with Crippen molar-refractivity contribution < 1.29 is 0 Å². The zero-order valence-electron chi connectivity index (χ0n) is 7.10. The maximum absolute atomic E-state index is 6.19.